The molecule has 0 N–H and O–H groups in total. The molecular formula is C23H22ClN5O. The quantitative estimate of drug-likeness (QED) is 0.632. The second-order valence-corrected chi connectivity index (χ2v) is 8.00. The van der Waals surface area contributed by atoms with E-state index in [1.807, 2.05) is 61.1 Å². The van der Waals surface area contributed by atoms with Crippen LogP contribution in [0.1, 0.15) is 23.7 Å². The third kappa shape index (κ3) is 4.38. The van der Waals surface area contributed by atoms with Gasteiger partial charge in [-0.2, -0.15) is 5.26 Å². The summed E-state index contributed by atoms with van der Waals surface area (Å²) in [4.78, 5) is 21.1. The monoisotopic (exact) mass is 419 g/mol. The van der Waals surface area contributed by atoms with Gasteiger partial charge in [-0.25, -0.2) is 4.98 Å². The third-order valence-corrected chi connectivity index (χ3v) is 5.66. The summed E-state index contributed by atoms with van der Waals surface area (Å²) in [5.74, 6) is 0.0634. The Morgan fingerprint density at radius 3 is 2.73 bits per heavy atom. The fraction of sp³-hybridized carbons (Fsp3) is 0.261. The minimum absolute atomic E-state index is 0.0634. The zero-order chi connectivity index (χ0) is 21.1. The lowest BCUT2D eigenvalue weighted by atomic mass is 10.1. The van der Waals surface area contributed by atoms with Crippen LogP contribution >= 0.6 is 11.6 Å². The van der Waals surface area contributed by atoms with E-state index in [0.717, 1.165) is 16.9 Å². The first kappa shape index (κ1) is 20.1. The first-order valence-electron chi connectivity index (χ1n) is 9.81. The summed E-state index contributed by atoms with van der Waals surface area (Å²) in [6.07, 6.45) is 3.66. The number of anilines is 1. The third-order valence-electron chi connectivity index (χ3n) is 5.43. The van der Waals surface area contributed by atoms with Crippen LogP contribution in [0.25, 0.3) is 0 Å². The van der Waals surface area contributed by atoms with Gasteiger partial charge in [-0.05, 0) is 42.8 Å². The van der Waals surface area contributed by atoms with Crippen molar-refractivity contribution in [2.45, 2.75) is 26.1 Å². The number of nitrogens with zero attached hydrogens (tertiary/aromatic N) is 5. The topological polar surface area (TPSA) is 65.2 Å². The van der Waals surface area contributed by atoms with E-state index >= 15 is 0 Å². The van der Waals surface area contributed by atoms with Crippen molar-refractivity contribution in [1.82, 2.24) is 14.5 Å². The molecule has 0 saturated carbocycles. The summed E-state index contributed by atoms with van der Waals surface area (Å²) in [5, 5.41) is 9.58. The molecule has 1 saturated heterocycles. The van der Waals surface area contributed by atoms with Crippen LogP contribution in [0, 0.1) is 11.3 Å². The molecule has 1 atom stereocenters. The lowest BCUT2D eigenvalue weighted by Crippen LogP contribution is -2.55. The van der Waals surface area contributed by atoms with Crippen LogP contribution in [-0.2, 0) is 17.9 Å². The summed E-state index contributed by atoms with van der Waals surface area (Å²) in [5.41, 5.74) is 3.64. The van der Waals surface area contributed by atoms with Crippen molar-refractivity contribution in [2.75, 3.05) is 18.0 Å². The van der Waals surface area contributed by atoms with Gasteiger partial charge in [0, 0.05) is 42.6 Å². The predicted molar refractivity (Wildman–Crippen MR) is 116 cm³/mol. The Morgan fingerprint density at radius 1 is 1.20 bits per heavy atom. The largest absolute Gasteiger partial charge is 0.329 e. The predicted octanol–water partition coefficient (Wildman–Crippen LogP) is 3.69. The van der Waals surface area contributed by atoms with Crippen molar-refractivity contribution in [3.05, 3.63) is 82.9 Å². The first-order chi connectivity index (χ1) is 14.5. The molecule has 7 heteroatoms. The highest BCUT2D eigenvalue weighted by Gasteiger charge is 2.30. The van der Waals surface area contributed by atoms with Crippen LogP contribution in [0.15, 0.2) is 61.1 Å². The van der Waals surface area contributed by atoms with Crippen molar-refractivity contribution in [3.63, 3.8) is 0 Å². The molecule has 2 aromatic carbocycles. The van der Waals surface area contributed by atoms with Crippen molar-refractivity contribution in [2.24, 2.45) is 0 Å². The number of piperazine rings is 1. The molecule has 2 heterocycles. The van der Waals surface area contributed by atoms with Gasteiger partial charge in [0.1, 0.15) is 0 Å². The number of nitriles is 1. The molecule has 1 aromatic heterocycles. The lowest BCUT2D eigenvalue weighted by Gasteiger charge is -2.39. The van der Waals surface area contributed by atoms with Crippen molar-refractivity contribution in [1.29, 1.82) is 5.26 Å². The van der Waals surface area contributed by atoms with E-state index in [4.69, 9.17) is 16.9 Å². The maximum atomic E-state index is 12.8. The number of aromatic nitrogens is 2. The van der Waals surface area contributed by atoms with E-state index in [1.54, 1.807) is 4.90 Å². The molecule has 1 amide bonds. The number of halogens is 1. The molecule has 0 bridgehead atoms. The van der Waals surface area contributed by atoms with Gasteiger partial charge >= 0.3 is 0 Å². The average molecular weight is 420 g/mol. The number of hydrogen-bond donors (Lipinski definition) is 0. The van der Waals surface area contributed by atoms with E-state index in [-0.39, 0.29) is 11.9 Å². The molecular weight excluding hydrogens is 398 g/mol. The molecule has 1 aliphatic rings. The Labute approximate surface area is 180 Å². The summed E-state index contributed by atoms with van der Waals surface area (Å²) in [6.45, 7) is 4.41. The van der Waals surface area contributed by atoms with E-state index < -0.39 is 0 Å². The van der Waals surface area contributed by atoms with Crippen LogP contribution in [-0.4, -0.2) is 39.5 Å². The molecule has 3 aromatic rings. The summed E-state index contributed by atoms with van der Waals surface area (Å²) in [6, 6.07) is 17.3. The van der Waals surface area contributed by atoms with E-state index in [1.165, 1.54) is 0 Å². The van der Waals surface area contributed by atoms with E-state index in [2.05, 4.69) is 27.4 Å². The Kier molecular flexibility index (Phi) is 5.84. The number of hydrogen-bond acceptors (Lipinski definition) is 4. The molecule has 4 rings (SSSR count). The van der Waals surface area contributed by atoms with Gasteiger partial charge in [0.15, 0.2) is 0 Å². The Hall–Kier alpha value is -3.14. The molecule has 0 unspecified atom stereocenters. The molecule has 30 heavy (non-hydrogen) atoms. The number of amides is 1. The minimum atomic E-state index is 0.0634. The van der Waals surface area contributed by atoms with Crippen LogP contribution in [0.4, 0.5) is 5.69 Å². The van der Waals surface area contributed by atoms with Crippen molar-refractivity contribution in [3.8, 4) is 6.07 Å². The number of benzene rings is 2. The van der Waals surface area contributed by atoms with Crippen LogP contribution in [0.3, 0.4) is 0 Å². The average Bonchev–Trinajstić information content (AvgIpc) is 3.17. The first-order valence-corrected chi connectivity index (χ1v) is 10.2. The zero-order valence-electron chi connectivity index (χ0n) is 16.7. The molecule has 0 aliphatic carbocycles. The number of imidazole rings is 1. The summed E-state index contributed by atoms with van der Waals surface area (Å²) in [7, 11) is 0. The highest BCUT2D eigenvalue weighted by atomic mass is 35.5. The van der Waals surface area contributed by atoms with Crippen molar-refractivity contribution >= 4 is 23.2 Å². The van der Waals surface area contributed by atoms with Gasteiger partial charge < -0.3 is 9.47 Å². The van der Waals surface area contributed by atoms with Gasteiger partial charge in [-0.15, -0.1) is 0 Å². The highest BCUT2D eigenvalue weighted by molar-refractivity contribution is 6.30. The van der Waals surface area contributed by atoms with Crippen LogP contribution in [0.5, 0.6) is 0 Å². The standard InChI is InChI=1S/C23H22ClN5O/c1-17-12-29(21-4-2-3-20(24)9-21)23(30)15-27(17)14-22-11-26-16-28(22)13-19-7-5-18(10-25)6-8-19/h2-9,11,16-17H,12-15H2,1H3/t17-/m0/s1. The lowest BCUT2D eigenvalue weighted by molar-refractivity contribution is -0.122. The van der Waals surface area contributed by atoms with E-state index in [9.17, 15) is 4.79 Å². The van der Waals surface area contributed by atoms with E-state index in [0.29, 0.717) is 36.8 Å². The highest BCUT2D eigenvalue weighted by Crippen LogP contribution is 2.24. The minimum Gasteiger partial charge on any atom is -0.329 e. The Bertz CT molecular complexity index is 1090. The fourth-order valence-corrected chi connectivity index (χ4v) is 3.90. The van der Waals surface area contributed by atoms with Crippen LogP contribution < -0.4 is 4.90 Å². The Morgan fingerprint density at radius 2 is 2.00 bits per heavy atom. The van der Waals surface area contributed by atoms with Gasteiger partial charge in [0.2, 0.25) is 5.91 Å². The molecule has 1 fully saturated rings. The maximum absolute atomic E-state index is 12.8. The van der Waals surface area contributed by atoms with Gasteiger partial charge in [0.25, 0.3) is 0 Å². The van der Waals surface area contributed by atoms with Gasteiger partial charge in [-0.3, -0.25) is 9.69 Å². The molecule has 6 nitrogen and oxygen atoms in total. The summed E-state index contributed by atoms with van der Waals surface area (Å²) < 4.78 is 2.09. The molecule has 152 valence electrons. The maximum Gasteiger partial charge on any atom is 0.241 e. The normalized spacial score (nSPS) is 17.2. The number of carbonyl (C=O) groups excluding carboxylic acids is 1. The zero-order valence-corrected chi connectivity index (χ0v) is 17.5. The SMILES string of the molecule is C[C@H]1CN(c2cccc(Cl)c2)C(=O)CN1Cc1cncn1Cc1ccc(C#N)cc1. The summed E-state index contributed by atoms with van der Waals surface area (Å²) >= 11 is 6.10. The smallest absolute Gasteiger partial charge is 0.241 e. The fourth-order valence-electron chi connectivity index (χ4n) is 3.71. The van der Waals surface area contributed by atoms with Crippen molar-refractivity contribution < 1.29 is 4.79 Å². The second-order valence-electron chi connectivity index (χ2n) is 7.56. The molecule has 1 aliphatic heterocycles. The number of carbonyl (C=O) groups is 1. The van der Waals surface area contributed by atoms with Gasteiger partial charge in [0.05, 0.1) is 30.2 Å². The molecule has 0 spiro atoms. The van der Waals surface area contributed by atoms with Crippen LogP contribution in [0.2, 0.25) is 5.02 Å². The second kappa shape index (κ2) is 8.70. The number of rotatable bonds is 5. The Balaban J connectivity index is 1.45. The molecule has 0 radical (unpaired) electrons. The van der Waals surface area contributed by atoms with Gasteiger partial charge in [-0.1, -0.05) is 29.8 Å².